The van der Waals surface area contributed by atoms with Gasteiger partial charge in [-0.3, -0.25) is 4.79 Å². The van der Waals surface area contributed by atoms with Crippen molar-refractivity contribution in [1.82, 2.24) is 5.32 Å². The molecule has 5 N–H and O–H groups in total. The van der Waals surface area contributed by atoms with Crippen molar-refractivity contribution >= 4 is 21.6 Å². The zero-order valence-electron chi connectivity index (χ0n) is 8.81. The van der Waals surface area contributed by atoms with Crippen LogP contribution in [-0.2, 0) is 10.0 Å². The van der Waals surface area contributed by atoms with Crippen molar-refractivity contribution in [1.29, 1.82) is 0 Å². The molecule has 1 rings (SSSR count). The molecule has 0 aliphatic heterocycles. The van der Waals surface area contributed by atoms with Crippen molar-refractivity contribution in [2.45, 2.75) is 0 Å². The molecule has 1 aromatic rings. The standard InChI is InChI=1S/C9H12FN3O3S/c10-6-1-2-7(8(11)5-6)9(14)13-3-4-17(12,15)16/h1-2,5H,3-4,11H2,(H,13,14)(H2,12,15,16). The van der Waals surface area contributed by atoms with E-state index in [2.05, 4.69) is 5.32 Å². The minimum Gasteiger partial charge on any atom is -0.398 e. The van der Waals surface area contributed by atoms with Crippen LogP contribution in [0, 0.1) is 5.82 Å². The zero-order chi connectivity index (χ0) is 13.1. The molecule has 0 aromatic heterocycles. The summed E-state index contributed by atoms with van der Waals surface area (Å²) in [6.45, 7) is -0.130. The van der Waals surface area contributed by atoms with E-state index in [0.717, 1.165) is 12.1 Å². The van der Waals surface area contributed by atoms with Gasteiger partial charge in [-0.25, -0.2) is 17.9 Å². The number of hydrogen-bond acceptors (Lipinski definition) is 4. The van der Waals surface area contributed by atoms with Gasteiger partial charge in [-0.15, -0.1) is 0 Å². The van der Waals surface area contributed by atoms with Crippen molar-refractivity contribution in [2.75, 3.05) is 18.0 Å². The Kier molecular flexibility index (Phi) is 4.02. The largest absolute Gasteiger partial charge is 0.398 e. The molecule has 0 unspecified atom stereocenters. The zero-order valence-corrected chi connectivity index (χ0v) is 9.63. The molecule has 0 saturated carbocycles. The number of nitrogens with two attached hydrogens (primary N) is 2. The molecule has 0 fully saturated rings. The molecule has 1 aromatic carbocycles. The maximum atomic E-state index is 12.7. The molecule has 1 amide bonds. The second-order valence-corrected chi connectivity index (χ2v) is 5.09. The third kappa shape index (κ3) is 4.37. The summed E-state index contributed by atoms with van der Waals surface area (Å²) < 4.78 is 33.9. The average molecular weight is 261 g/mol. The lowest BCUT2D eigenvalue weighted by Gasteiger charge is -2.06. The number of rotatable bonds is 4. The van der Waals surface area contributed by atoms with Crippen LogP contribution in [0.1, 0.15) is 10.4 Å². The summed E-state index contributed by atoms with van der Waals surface area (Å²) in [6.07, 6.45) is 0. The molecule has 6 nitrogen and oxygen atoms in total. The number of anilines is 1. The van der Waals surface area contributed by atoms with Crippen LogP contribution in [-0.4, -0.2) is 26.6 Å². The molecule has 17 heavy (non-hydrogen) atoms. The fourth-order valence-corrected chi connectivity index (χ4v) is 1.53. The van der Waals surface area contributed by atoms with Crippen LogP contribution in [0.2, 0.25) is 0 Å². The smallest absolute Gasteiger partial charge is 0.253 e. The molecular weight excluding hydrogens is 249 g/mol. The van der Waals surface area contributed by atoms with Crippen LogP contribution in [0.4, 0.5) is 10.1 Å². The van der Waals surface area contributed by atoms with Crippen LogP contribution < -0.4 is 16.2 Å². The normalized spacial score (nSPS) is 11.2. The summed E-state index contributed by atoms with van der Waals surface area (Å²) in [5.41, 5.74) is 5.50. The lowest BCUT2D eigenvalue weighted by molar-refractivity contribution is 0.0957. The average Bonchev–Trinajstić information content (AvgIpc) is 2.15. The third-order valence-electron chi connectivity index (χ3n) is 1.93. The second-order valence-electron chi connectivity index (χ2n) is 3.35. The highest BCUT2D eigenvalue weighted by Gasteiger charge is 2.11. The number of halogens is 1. The highest BCUT2D eigenvalue weighted by Crippen LogP contribution is 2.12. The van der Waals surface area contributed by atoms with Gasteiger partial charge in [0.15, 0.2) is 0 Å². The van der Waals surface area contributed by atoms with Gasteiger partial charge in [0, 0.05) is 12.2 Å². The Bertz CT molecular complexity index is 530. The van der Waals surface area contributed by atoms with E-state index in [1.807, 2.05) is 0 Å². The van der Waals surface area contributed by atoms with Crippen LogP contribution in [0.15, 0.2) is 18.2 Å². The highest BCUT2D eigenvalue weighted by atomic mass is 32.2. The molecule has 0 aliphatic carbocycles. The van der Waals surface area contributed by atoms with E-state index in [-0.39, 0.29) is 23.5 Å². The fourth-order valence-electron chi connectivity index (χ4n) is 1.14. The maximum absolute atomic E-state index is 12.7. The van der Waals surface area contributed by atoms with Crippen molar-refractivity contribution in [3.63, 3.8) is 0 Å². The van der Waals surface area contributed by atoms with Gasteiger partial charge in [0.25, 0.3) is 5.91 Å². The summed E-state index contributed by atoms with van der Waals surface area (Å²) >= 11 is 0. The predicted molar refractivity (Wildman–Crippen MR) is 61.1 cm³/mol. The van der Waals surface area contributed by atoms with Crippen molar-refractivity contribution in [3.05, 3.63) is 29.6 Å². The van der Waals surface area contributed by atoms with Gasteiger partial charge in [-0.2, -0.15) is 0 Å². The molecule has 8 heteroatoms. The van der Waals surface area contributed by atoms with Gasteiger partial charge >= 0.3 is 0 Å². The summed E-state index contributed by atoms with van der Waals surface area (Å²) in [6, 6.07) is 3.32. The summed E-state index contributed by atoms with van der Waals surface area (Å²) in [4.78, 5) is 11.5. The van der Waals surface area contributed by atoms with E-state index in [4.69, 9.17) is 10.9 Å². The number of carbonyl (C=O) groups is 1. The van der Waals surface area contributed by atoms with Gasteiger partial charge < -0.3 is 11.1 Å². The molecule has 0 heterocycles. The number of primary sulfonamides is 1. The number of benzene rings is 1. The Morgan fingerprint density at radius 2 is 2.06 bits per heavy atom. The first kappa shape index (κ1) is 13.4. The Labute approximate surface area is 97.8 Å². The van der Waals surface area contributed by atoms with Gasteiger partial charge in [-0.1, -0.05) is 0 Å². The van der Waals surface area contributed by atoms with Gasteiger partial charge in [0.2, 0.25) is 10.0 Å². The molecule has 0 bridgehead atoms. The van der Waals surface area contributed by atoms with E-state index >= 15 is 0 Å². The second kappa shape index (κ2) is 5.11. The number of nitrogen functional groups attached to an aromatic ring is 1. The minimum absolute atomic E-state index is 0.0156. The van der Waals surface area contributed by atoms with Crippen LogP contribution in [0.5, 0.6) is 0 Å². The maximum Gasteiger partial charge on any atom is 0.253 e. The first-order valence-electron chi connectivity index (χ1n) is 4.63. The topological polar surface area (TPSA) is 115 Å². The monoisotopic (exact) mass is 261 g/mol. The SMILES string of the molecule is Nc1cc(F)ccc1C(=O)NCCS(N)(=O)=O. The molecule has 0 aliphatic rings. The van der Waals surface area contributed by atoms with E-state index in [1.54, 1.807) is 0 Å². The molecule has 0 spiro atoms. The van der Waals surface area contributed by atoms with E-state index in [0.29, 0.717) is 0 Å². The summed E-state index contributed by atoms with van der Waals surface area (Å²) in [7, 11) is -3.62. The fraction of sp³-hybridized carbons (Fsp3) is 0.222. The van der Waals surface area contributed by atoms with Gasteiger partial charge in [0.1, 0.15) is 5.82 Å². The summed E-state index contributed by atoms with van der Waals surface area (Å²) in [5.74, 6) is -1.51. The molecule has 94 valence electrons. The number of hydrogen-bond donors (Lipinski definition) is 3. The van der Waals surface area contributed by atoms with Crippen molar-refractivity contribution in [2.24, 2.45) is 5.14 Å². The lowest BCUT2D eigenvalue weighted by Crippen LogP contribution is -2.31. The Balaban J connectivity index is 2.65. The van der Waals surface area contributed by atoms with Crippen molar-refractivity contribution < 1.29 is 17.6 Å². The number of carbonyl (C=O) groups excluding carboxylic acids is 1. The van der Waals surface area contributed by atoms with Crippen LogP contribution >= 0.6 is 0 Å². The first-order valence-corrected chi connectivity index (χ1v) is 6.35. The van der Waals surface area contributed by atoms with E-state index in [1.165, 1.54) is 6.07 Å². The number of nitrogens with one attached hydrogen (secondary N) is 1. The summed E-state index contributed by atoms with van der Waals surface area (Å²) in [5, 5.41) is 7.07. The molecular formula is C9H12FN3O3S. The van der Waals surface area contributed by atoms with Crippen molar-refractivity contribution in [3.8, 4) is 0 Å². The quantitative estimate of drug-likeness (QED) is 0.629. The third-order valence-corrected chi connectivity index (χ3v) is 2.70. The number of sulfonamides is 1. The lowest BCUT2D eigenvalue weighted by atomic mass is 10.1. The van der Waals surface area contributed by atoms with Gasteiger partial charge in [-0.05, 0) is 18.2 Å². The molecule has 0 saturated heterocycles. The Morgan fingerprint density at radius 1 is 1.41 bits per heavy atom. The minimum atomic E-state index is -3.62. The highest BCUT2D eigenvalue weighted by molar-refractivity contribution is 7.89. The predicted octanol–water partition coefficient (Wildman–Crippen LogP) is -0.574. The van der Waals surface area contributed by atoms with Gasteiger partial charge in [0.05, 0.1) is 11.3 Å². The molecule has 0 radical (unpaired) electrons. The molecule has 0 atom stereocenters. The Morgan fingerprint density at radius 3 is 2.59 bits per heavy atom. The first-order chi connectivity index (χ1) is 7.79. The van der Waals surface area contributed by atoms with Crippen LogP contribution in [0.3, 0.4) is 0 Å². The van der Waals surface area contributed by atoms with E-state index in [9.17, 15) is 17.6 Å². The van der Waals surface area contributed by atoms with Crippen LogP contribution in [0.25, 0.3) is 0 Å². The Hall–Kier alpha value is -1.67. The number of amides is 1. The van der Waals surface area contributed by atoms with E-state index < -0.39 is 21.7 Å².